The molecule has 0 saturated carbocycles. The maximum atomic E-state index is 12.1. The molecule has 0 aromatic heterocycles. The highest BCUT2D eigenvalue weighted by molar-refractivity contribution is 5.98. The molecule has 1 atom stereocenters. The summed E-state index contributed by atoms with van der Waals surface area (Å²) in [7, 11) is 0. The van der Waals surface area contributed by atoms with E-state index in [1.807, 2.05) is 18.2 Å². The molecule has 0 N–H and O–H groups in total. The fraction of sp³-hybridized carbons (Fsp3) is 0.312. The SMILES string of the molecule is Cc1ccc(CC(=O)C2=CC=CC2C)cc1C. The predicted molar refractivity (Wildman–Crippen MR) is 71.0 cm³/mol. The molecule has 0 spiro atoms. The van der Waals surface area contributed by atoms with Gasteiger partial charge < -0.3 is 0 Å². The van der Waals surface area contributed by atoms with Crippen molar-refractivity contribution >= 4 is 5.78 Å². The van der Waals surface area contributed by atoms with E-state index < -0.39 is 0 Å². The zero-order chi connectivity index (χ0) is 12.4. The molecule has 1 aromatic carbocycles. The fourth-order valence-corrected chi connectivity index (χ4v) is 2.13. The van der Waals surface area contributed by atoms with Gasteiger partial charge in [-0.05, 0) is 30.5 Å². The molecule has 88 valence electrons. The third-order valence-corrected chi connectivity index (χ3v) is 3.42. The van der Waals surface area contributed by atoms with Crippen molar-refractivity contribution in [1.29, 1.82) is 0 Å². The minimum absolute atomic E-state index is 0.241. The summed E-state index contributed by atoms with van der Waals surface area (Å²) in [4.78, 5) is 12.1. The molecule has 0 heterocycles. The molecule has 0 aliphatic heterocycles. The predicted octanol–water partition coefficient (Wildman–Crippen LogP) is 3.55. The Morgan fingerprint density at radius 1 is 1.24 bits per heavy atom. The van der Waals surface area contributed by atoms with E-state index in [2.05, 4.69) is 39.0 Å². The van der Waals surface area contributed by atoms with Gasteiger partial charge in [0.25, 0.3) is 0 Å². The highest BCUT2D eigenvalue weighted by Crippen LogP contribution is 2.21. The Kier molecular flexibility index (Phi) is 3.28. The lowest BCUT2D eigenvalue weighted by molar-refractivity contribution is -0.115. The average Bonchev–Trinajstić information content (AvgIpc) is 2.70. The van der Waals surface area contributed by atoms with Crippen LogP contribution in [0.15, 0.2) is 42.0 Å². The number of hydrogen-bond donors (Lipinski definition) is 0. The molecule has 1 heteroatoms. The topological polar surface area (TPSA) is 17.1 Å². The van der Waals surface area contributed by atoms with Gasteiger partial charge in [-0.3, -0.25) is 4.79 Å². The number of benzene rings is 1. The Morgan fingerprint density at radius 3 is 2.59 bits per heavy atom. The lowest BCUT2D eigenvalue weighted by Crippen LogP contribution is -2.10. The normalized spacial score (nSPS) is 18.3. The highest BCUT2D eigenvalue weighted by Gasteiger charge is 2.17. The summed E-state index contributed by atoms with van der Waals surface area (Å²) >= 11 is 0. The van der Waals surface area contributed by atoms with Crippen LogP contribution in [0.2, 0.25) is 0 Å². The summed E-state index contributed by atoms with van der Waals surface area (Å²) in [6.07, 6.45) is 6.49. The van der Waals surface area contributed by atoms with Crippen molar-refractivity contribution in [2.75, 3.05) is 0 Å². The number of rotatable bonds is 3. The first-order valence-corrected chi connectivity index (χ1v) is 6.05. The summed E-state index contributed by atoms with van der Waals surface area (Å²) in [5.41, 5.74) is 4.57. The number of carbonyl (C=O) groups excluding carboxylic acids is 1. The van der Waals surface area contributed by atoms with E-state index in [4.69, 9.17) is 0 Å². The van der Waals surface area contributed by atoms with E-state index >= 15 is 0 Å². The number of carbonyl (C=O) groups is 1. The van der Waals surface area contributed by atoms with Crippen LogP contribution in [0.3, 0.4) is 0 Å². The molecule has 17 heavy (non-hydrogen) atoms. The molecule has 0 amide bonds. The van der Waals surface area contributed by atoms with Crippen molar-refractivity contribution in [1.82, 2.24) is 0 Å². The minimum Gasteiger partial charge on any atom is -0.294 e. The summed E-state index contributed by atoms with van der Waals surface area (Å²) in [6, 6.07) is 6.25. The Morgan fingerprint density at radius 2 is 2.00 bits per heavy atom. The second-order valence-corrected chi connectivity index (χ2v) is 4.81. The molecular weight excluding hydrogens is 208 g/mol. The van der Waals surface area contributed by atoms with Gasteiger partial charge in [-0.25, -0.2) is 0 Å². The van der Waals surface area contributed by atoms with Crippen molar-refractivity contribution in [3.05, 3.63) is 58.7 Å². The monoisotopic (exact) mass is 226 g/mol. The zero-order valence-electron chi connectivity index (χ0n) is 10.7. The number of hydrogen-bond acceptors (Lipinski definition) is 1. The van der Waals surface area contributed by atoms with Crippen LogP contribution in [0, 0.1) is 19.8 Å². The van der Waals surface area contributed by atoms with Crippen molar-refractivity contribution in [2.24, 2.45) is 5.92 Å². The van der Waals surface area contributed by atoms with Gasteiger partial charge >= 0.3 is 0 Å². The fourth-order valence-electron chi connectivity index (χ4n) is 2.13. The van der Waals surface area contributed by atoms with Crippen molar-refractivity contribution < 1.29 is 4.79 Å². The van der Waals surface area contributed by atoms with Gasteiger partial charge in [0.2, 0.25) is 0 Å². The molecule has 1 aliphatic rings. The van der Waals surface area contributed by atoms with Gasteiger partial charge in [-0.15, -0.1) is 0 Å². The molecule has 0 radical (unpaired) electrons. The molecule has 2 rings (SSSR count). The van der Waals surface area contributed by atoms with Gasteiger partial charge in [0.05, 0.1) is 0 Å². The molecule has 1 aromatic rings. The zero-order valence-corrected chi connectivity index (χ0v) is 10.7. The van der Waals surface area contributed by atoms with Crippen LogP contribution in [0.5, 0.6) is 0 Å². The summed E-state index contributed by atoms with van der Waals surface area (Å²) in [5.74, 6) is 0.514. The maximum absolute atomic E-state index is 12.1. The van der Waals surface area contributed by atoms with Gasteiger partial charge in [-0.1, -0.05) is 43.4 Å². The average molecular weight is 226 g/mol. The largest absolute Gasteiger partial charge is 0.294 e. The first-order chi connectivity index (χ1) is 8.08. The Hall–Kier alpha value is -1.63. The second kappa shape index (κ2) is 4.70. The standard InChI is InChI=1S/C16H18O/c1-11-7-8-14(9-13(11)3)10-16(17)15-6-4-5-12(15)2/h4-9,12H,10H2,1-3H3. The maximum Gasteiger partial charge on any atom is 0.163 e. The summed E-state index contributed by atoms with van der Waals surface area (Å²) < 4.78 is 0. The van der Waals surface area contributed by atoms with Crippen LogP contribution in [-0.4, -0.2) is 5.78 Å². The van der Waals surface area contributed by atoms with Crippen LogP contribution in [0.4, 0.5) is 0 Å². The van der Waals surface area contributed by atoms with Crippen LogP contribution in [0.25, 0.3) is 0 Å². The smallest absolute Gasteiger partial charge is 0.163 e. The van der Waals surface area contributed by atoms with E-state index in [1.165, 1.54) is 11.1 Å². The summed E-state index contributed by atoms with van der Waals surface area (Å²) in [5, 5.41) is 0. The quantitative estimate of drug-likeness (QED) is 0.770. The third kappa shape index (κ3) is 2.55. The van der Waals surface area contributed by atoms with E-state index in [0.29, 0.717) is 6.42 Å². The van der Waals surface area contributed by atoms with E-state index in [-0.39, 0.29) is 11.7 Å². The molecule has 0 fully saturated rings. The van der Waals surface area contributed by atoms with Gasteiger partial charge in [0, 0.05) is 17.9 Å². The second-order valence-electron chi connectivity index (χ2n) is 4.81. The molecule has 1 unspecified atom stereocenters. The number of allylic oxidation sites excluding steroid dienone is 4. The molecule has 0 bridgehead atoms. The Bertz CT molecular complexity index is 506. The van der Waals surface area contributed by atoms with E-state index in [1.54, 1.807) is 0 Å². The number of ketones is 1. The van der Waals surface area contributed by atoms with Crippen LogP contribution in [0.1, 0.15) is 23.6 Å². The van der Waals surface area contributed by atoms with Crippen LogP contribution >= 0.6 is 0 Å². The van der Waals surface area contributed by atoms with Crippen molar-refractivity contribution in [2.45, 2.75) is 27.2 Å². The van der Waals surface area contributed by atoms with Gasteiger partial charge in [0.15, 0.2) is 5.78 Å². The van der Waals surface area contributed by atoms with Crippen LogP contribution < -0.4 is 0 Å². The Labute approximate surface area is 103 Å². The van der Waals surface area contributed by atoms with Crippen LogP contribution in [-0.2, 0) is 11.2 Å². The molecule has 1 aliphatic carbocycles. The first kappa shape index (κ1) is 11.8. The molecule has 1 nitrogen and oxygen atoms in total. The first-order valence-electron chi connectivity index (χ1n) is 6.05. The summed E-state index contributed by atoms with van der Waals surface area (Å²) in [6.45, 7) is 6.24. The van der Waals surface area contributed by atoms with Crippen molar-refractivity contribution in [3.8, 4) is 0 Å². The lowest BCUT2D eigenvalue weighted by Gasteiger charge is -2.08. The van der Waals surface area contributed by atoms with Crippen molar-refractivity contribution in [3.63, 3.8) is 0 Å². The highest BCUT2D eigenvalue weighted by atomic mass is 16.1. The van der Waals surface area contributed by atoms with Gasteiger partial charge in [-0.2, -0.15) is 0 Å². The minimum atomic E-state index is 0.241. The molecular formula is C16H18O. The lowest BCUT2D eigenvalue weighted by atomic mass is 9.95. The third-order valence-electron chi connectivity index (χ3n) is 3.42. The number of Topliss-reactive ketones (excluding diaryl/α,β-unsaturated/α-hetero) is 1. The number of aryl methyl sites for hydroxylation is 2. The Balaban J connectivity index is 2.11. The van der Waals surface area contributed by atoms with E-state index in [9.17, 15) is 4.79 Å². The van der Waals surface area contributed by atoms with Gasteiger partial charge in [0.1, 0.15) is 0 Å². The van der Waals surface area contributed by atoms with E-state index in [0.717, 1.165) is 11.1 Å². The molecule has 0 saturated heterocycles.